The Morgan fingerprint density at radius 1 is 1.08 bits per heavy atom. The monoisotopic (exact) mass is 503 g/mol. The van der Waals surface area contributed by atoms with Crippen molar-refractivity contribution in [3.05, 3.63) is 76.9 Å². The van der Waals surface area contributed by atoms with E-state index in [4.69, 9.17) is 16.3 Å². The standard InChI is InChI=1S/C29H30ClN3O3/c1-17(2)28(34)23-15-31-25-11-8-19(20-13-24(30)29(35)26(14-20)36-5)12-22(25)27(23)32-21-9-6-18(7-10-21)16-33(3)4/h6-15,17,35H,16H2,1-5H3,(H,31,32). The number of rotatable bonds is 8. The van der Waals surface area contributed by atoms with Crippen LogP contribution < -0.4 is 10.1 Å². The van der Waals surface area contributed by atoms with Crippen molar-refractivity contribution in [2.24, 2.45) is 5.92 Å². The van der Waals surface area contributed by atoms with Crippen LogP contribution in [-0.2, 0) is 6.54 Å². The summed E-state index contributed by atoms with van der Waals surface area (Å²) in [6.45, 7) is 4.61. The minimum absolute atomic E-state index is 0.0101. The van der Waals surface area contributed by atoms with E-state index in [1.807, 2.05) is 58.3 Å². The molecule has 4 rings (SSSR count). The number of carbonyl (C=O) groups excluding carboxylic acids is 1. The van der Waals surface area contributed by atoms with E-state index in [9.17, 15) is 9.90 Å². The van der Waals surface area contributed by atoms with E-state index in [0.717, 1.165) is 34.3 Å². The fourth-order valence-corrected chi connectivity index (χ4v) is 4.31. The van der Waals surface area contributed by atoms with Gasteiger partial charge in [-0.15, -0.1) is 0 Å². The van der Waals surface area contributed by atoms with E-state index in [1.54, 1.807) is 18.3 Å². The number of carbonyl (C=O) groups is 1. The predicted octanol–water partition coefficient (Wildman–Crippen LogP) is 6.91. The van der Waals surface area contributed by atoms with Crippen molar-refractivity contribution in [2.45, 2.75) is 20.4 Å². The summed E-state index contributed by atoms with van der Waals surface area (Å²) in [6, 6.07) is 17.4. The Balaban J connectivity index is 1.86. The van der Waals surface area contributed by atoms with Gasteiger partial charge in [0.1, 0.15) is 0 Å². The summed E-state index contributed by atoms with van der Waals surface area (Å²) in [6.07, 6.45) is 1.65. The first-order chi connectivity index (χ1) is 17.2. The second-order valence-corrected chi connectivity index (χ2v) is 9.77. The van der Waals surface area contributed by atoms with E-state index in [2.05, 4.69) is 27.3 Å². The van der Waals surface area contributed by atoms with Crippen LogP contribution in [0.5, 0.6) is 11.5 Å². The molecule has 0 amide bonds. The van der Waals surface area contributed by atoms with Crippen molar-refractivity contribution in [2.75, 3.05) is 26.5 Å². The minimum Gasteiger partial charge on any atom is -0.503 e. The molecule has 0 aliphatic rings. The topological polar surface area (TPSA) is 74.7 Å². The number of anilines is 2. The van der Waals surface area contributed by atoms with Crippen LogP contribution in [0.15, 0.2) is 60.8 Å². The number of aromatic nitrogens is 1. The molecule has 0 saturated heterocycles. The van der Waals surface area contributed by atoms with Crippen LogP contribution >= 0.6 is 11.6 Å². The molecular formula is C29H30ClN3O3. The molecule has 7 heteroatoms. The first-order valence-corrected chi connectivity index (χ1v) is 12.1. The Hall–Kier alpha value is -3.61. The van der Waals surface area contributed by atoms with E-state index in [-0.39, 0.29) is 28.2 Å². The summed E-state index contributed by atoms with van der Waals surface area (Å²) < 4.78 is 5.28. The lowest BCUT2D eigenvalue weighted by Gasteiger charge is -2.17. The number of ether oxygens (including phenoxy) is 1. The van der Waals surface area contributed by atoms with Gasteiger partial charge >= 0.3 is 0 Å². The molecule has 0 spiro atoms. The number of hydrogen-bond donors (Lipinski definition) is 2. The van der Waals surface area contributed by atoms with Crippen molar-refractivity contribution in [1.29, 1.82) is 0 Å². The quantitative estimate of drug-likeness (QED) is 0.254. The van der Waals surface area contributed by atoms with Crippen LogP contribution in [0.3, 0.4) is 0 Å². The molecule has 0 fully saturated rings. The molecule has 0 aliphatic heterocycles. The molecule has 36 heavy (non-hydrogen) atoms. The summed E-state index contributed by atoms with van der Waals surface area (Å²) in [5.74, 6) is 0.0115. The van der Waals surface area contributed by atoms with E-state index in [1.165, 1.54) is 12.7 Å². The molecule has 1 heterocycles. The van der Waals surface area contributed by atoms with Crippen molar-refractivity contribution in [3.8, 4) is 22.6 Å². The Bertz CT molecular complexity index is 1420. The molecule has 2 N–H and O–H groups in total. The maximum absolute atomic E-state index is 13.1. The highest BCUT2D eigenvalue weighted by Crippen LogP contribution is 2.40. The van der Waals surface area contributed by atoms with Gasteiger partial charge in [-0.2, -0.15) is 0 Å². The molecule has 1 aromatic heterocycles. The Morgan fingerprint density at radius 3 is 2.44 bits per heavy atom. The van der Waals surface area contributed by atoms with Crippen LogP contribution in [0.1, 0.15) is 29.8 Å². The fourth-order valence-electron chi connectivity index (χ4n) is 4.10. The lowest BCUT2D eigenvalue weighted by atomic mass is 9.96. The molecule has 0 aliphatic carbocycles. The molecule has 0 unspecified atom stereocenters. The molecule has 186 valence electrons. The number of phenolic OH excluding ortho intramolecular Hbond substituents is 1. The highest BCUT2D eigenvalue weighted by Gasteiger charge is 2.19. The normalized spacial score (nSPS) is 11.3. The van der Waals surface area contributed by atoms with Gasteiger partial charge in [0.05, 0.1) is 28.9 Å². The molecule has 0 bridgehead atoms. The number of halogens is 1. The average molecular weight is 504 g/mol. The number of methoxy groups -OCH3 is 1. The van der Waals surface area contributed by atoms with Crippen molar-refractivity contribution >= 4 is 39.7 Å². The van der Waals surface area contributed by atoms with Crippen LogP contribution in [0.25, 0.3) is 22.0 Å². The van der Waals surface area contributed by atoms with Crippen LogP contribution in [-0.4, -0.2) is 42.0 Å². The SMILES string of the molecule is COc1cc(-c2ccc3ncc(C(=O)C(C)C)c(Nc4ccc(CN(C)C)cc4)c3c2)cc(Cl)c1O. The third kappa shape index (κ3) is 5.30. The number of nitrogens with one attached hydrogen (secondary N) is 1. The average Bonchev–Trinajstić information content (AvgIpc) is 2.85. The van der Waals surface area contributed by atoms with Gasteiger partial charge < -0.3 is 20.1 Å². The second-order valence-electron chi connectivity index (χ2n) is 9.37. The largest absolute Gasteiger partial charge is 0.503 e. The predicted molar refractivity (Wildman–Crippen MR) is 147 cm³/mol. The number of benzene rings is 3. The minimum atomic E-state index is -0.185. The fraction of sp³-hybridized carbons (Fsp3) is 0.241. The maximum Gasteiger partial charge on any atom is 0.176 e. The van der Waals surface area contributed by atoms with Crippen molar-refractivity contribution in [1.82, 2.24) is 9.88 Å². The Kier molecular flexibility index (Phi) is 7.48. The summed E-state index contributed by atoms with van der Waals surface area (Å²) in [5.41, 5.74) is 5.69. The number of pyridine rings is 1. The number of hydrogen-bond acceptors (Lipinski definition) is 6. The van der Waals surface area contributed by atoms with Gasteiger partial charge in [0.15, 0.2) is 17.3 Å². The third-order valence-corrected chi connectivity index (χ3v) is 6.25. The lowest BCUT2D eigenvalue weighted by Crippen LogP contribution is -2.12. The van der Waals surface area contributed by atoms with Crippen LogP contribution in [0, 0.1) is 5.92 Å². The second kappa shape index (κ2) is 10.6. The summed E-state index contributed by atoms with van der Waals surface area (Å²) in [7, 11) is 5.55. The first-order valence-electron chi connectivity index (χ1n) is 11.7. The first kappa shape index (κ1) is 25.5. The van der Waals surface area contributed by atoms with Gasteiger partial charge in [0.2, 0.25) is 0 Å². The highest BCUT2D eigenvalue weighted by molar-refractivity contribution is 6.32. The molecule has 4 aromatic rings. The van der Waals surface area contributed by atoms with Crippen molar-refractivity contribution in [3.63, 3.8) is 0 Å². The maximum atomic E-state index is 13.1. The zero-order valence-corrected chi connectivity index (χ0v) is 21.8. The molecule has 0 saturated carbocycles. The smallest absolute Gasteiger partial charge is 0.176 e. The number of aromatic hydroxyl groups is 1. The van der Waals surface area contributed by atoms with E-state index >= 15 is 0 Å². The summed E-state index contributed by atoms with van der Waals surface area (Å²) in [4.78, 5) is 19.8. The molecule has 0 atom stereocenters. The van der Waals surface area contributed by atoms with Gasteiger partial charge in [0, 0.05) is 29.7 Å². The Morgan fingerprint density at radius 2 is 1.81 bits per heavy atom. The van der Waals surface area contributed by atoms with Crippen LogP contribution in [0.4, 0.5) is 11.4 Å². The summed E-state index contributed by atoms with van der Waals surface area (Å²) in [5, 5.41) is 14.6. The van der Waals surface area contributed by atoms with Crippen molar-refractivity contribution < 1.29 is 14.6 Å². The van der Waals surface area contributed by atoms with Gasteiger partial charge in [-0.3, -0.25) is 9.78 Å². The number of ketones is 1. The number of Topliss-reactive ketones (excluding diaryl/α,β-unsaturated/α-hetero) is 1. The van der Waals surface area contributed by atoms with Crippen LogP contribution in [0.2, 0.25) is 5.02 Å². The third-order valence-electron chi connectivity index (χ3n) is 5.96. The zero-order chi connectivity index (χ0) is 26.0. The van der Waals surface area contributed by atoms with E-state index < -0.39 is 0 Å². The zero-order valence-electron chi connectivity index (χ0n) is 21.1. The summed E-state index contributed by atoms with van der Waals surface area (Å²) >= 11 is 6.25. The number of phenols is 1. The lowest BCUT2D eigenvalue weighted by molar-refractivity contribution is 0.0940. The number of fused-ring (bicyclic) bond motifs is 1. The molecule has 6 nitrogen and oxygen atoms in total. The Labute approximate surface area is 216 Å². The number of nitrogens with zero attached hydrogens (tertiary/aromatic N) is 2. The molecule has 3 aromatic carbocycles. The van der Waals surface area contributed by atoms with Gasteiger partial charge in [0.25, 0.3) is 0 Å². The van der Waals surface area contributed by atoms with Gasteiger partial charge in [-0.1, -0.05) is 43.6 Å². The van der Waals surface area contributed by atoms with Gasteiger partial charge in [-0.25, -0.2) is 0 Å². The molecular weight excluding hydrogens is 474 g/mol. The van der Waals surface area contributed by atoms with Gasteiger partial charge in [-0.05, 0) is 67.2 Å². The molecule has 0 radical (unpaired) electrons. The highest BCUT2D eigenvalue weighted by atomic mass is 35.5. The van der Waals surface area contributed by atoms with E-state index in [0.29, 0.717) is 11.3 Å².